The van der Waals surface area contributed by atoms with Gasteiger partial charge in [-0.1, -0.05) is 53.3 Å². The number of hydrogen-bond donors (Lipinski definition) is 1. The molecule has 0 spiro atoms. The van der Waals surface area contributed by atoms with Crippen LogP contribution in [-0.4, -0.2) is 20.3 Å². The molecule has 0 fully saturated rings. The zero-order valence-corrected chi connectivity index (χ0v) is 20.9. The van der Waals surface area contributed by atoms with E-state index in [1.54, 1.807) is 34.5 Å². The normalized spacial score (nSPS) is 15.7. The van der Waals surface area contributed by atoms with Gasteiger partial charge in [0, 0.05) is 29.0 Å². The monoisotopic (exact) mass is 503 g/mol. The van der Waals surface area contributed by atoms with Gasteiger partial charge in [0.2, 0.25) is 0 Å². The van der Waals surface area contributed by atoms with Gasteiger partial charge in [-0.3, -0.25) is 18.8 Å². The average molecular weight is 504 g/mol. The van der Waals surface area contributed by atoms with Gasteiger partial charge in [-0.2, -0.15) is 5.10 Å². The highest BCUT2D eigenvalue weighted by Crippen LogP contribution is 2.31. The van der Waals surface area contributed by atoms with Crippen LogP contribution in [-0.2, 0) is 11.8 Å². The van der Waals surface area contributed by atoms with Gasteiger partial charge in [-0.05, 0) is 49.8 Å². The number of aryl methyl sites for hydroxylation is 1. The van der Waals surface area contributed by atoms with Crippen LogP contribution in [0.25, 0.3) is 6.08 Å². The number of allylic oxidation sites excluding steroid dienone is 1. The van der Waals surface area contributed by atoms with Gasteiger partial charge < -0.3 is 5.32 Å². The van der Waals surface area contributed by atoms with E-state index in [2.05, 4.69) is 15.4 Å². The molecule has 5 rings (SSSR count). The summed E-state index contributed by atoms with van der Waals surface area (Å²) >= 11 is 7.44. The Morgan fingerprint density at radius 3 is 2.49 bits per heavy atom. The molecule has 0 radical (unpaired) electrons. The van der Waals surface area contributed by atoms with Crippen molar-refractivity contribution in [3.8, 4) is 0 Å². The number of anilines is 1. The molecule has 7 nitrogen and oxygen atoms in total. The first-order chi connectivity index (χ1) is 16.8. The van der Waals surface area contributed by atoms with E-state index >= 15 is 0 Å². The third-order valence-corrected chi connectivity index (χ3v) is 7.28. The minimum absolute atomic E-state index is 0.213. The van der Waals surface area contributed by atoms with Crippen LogP contribution in [0.2, 0.25) is 5.02 Å². The first kappa shape index (κ1) is 23.0. The van der Waals surface area contributed by atoms with Gasteiger partial charge in [0.05, 0.1) is 28.0 Å². The molecule has 1 atom stereocenters. The summed E-state index contributed by atoms with van der Waals surface area (Å²) in [4.78, 5) is 32.4. The Hall–Kier alpha value is -3.75. The smallest absolute Gasteiger partial charge is 0.271 e. The summed E-state index contributed by atoms with van der Waals surface area (Å²) in [6.07, 6.45) is 3.56. The molecule has 2 aromatic heterocycles. The van der Waals surface area contributed by atoms with E-state index in [1.807, 2.05) is 62.5 Å². The number of nitrogens with one attached hydrogen (secondary N) is 1. The molecule has 0 saturated heterocycles. The van der Waals surface area contributed by atoms with Crippen molar-refractivity contribution in [2.75, 3.05) is 5.32 Å². The molecule has 3 heterocycles. The van der Waals surface area contributed by atoms with Crippen LogP contribution >= 0.6 is 22.9 Å². The minimum Gasteiger partial charge on any atom is -0.322 e. The van der Waals surface area contributed by atoms with Crippen molar-refractivity contribution in [3.05, 3.63) is 114 Å². The number of thiazole rings is 1. The Morgan fingerprint density at radius 1 is 1.11 bits per heavy atom. The van der Waals surface area contributed by atoms with Gasteiger partial charge >= 0.3 is 0 Å². The summed E-state index contributed by atoms with van der Waals surface area (Å²) in [5, 5.41) is 7.79. The second-order valence-corrected chi connectivity index (χ2v) is 9.71. The van der Waals surface area contributed by atoms with Crippen molar-refractivity contribution in [3.63, 3.8) is 0 Å². The lowest BCUT2D eigenvalue weighted by Gasteiger charge is -2.25. The van der Waals surface area contributed by atoms with Crippen molar-refractivity contribution in [1.82, 2.24) is 14.3 Å². The number of para-hydroxylation sites is 1. The summed E-state index contributed by atoms with van der Waals surface area (Å²) in [5.41, 5.74) is 4.00. The molecule has 4 aromatic rings. The third kappa shape index (κ3) is 4.26. The number of nitrogens with zero attached hydrogens (tertiary/aromatic N) is 4. The van der Waals surface area contributed by atoms with Gasteiger partial charge in [0.1, 0.15) is 0 Å². The molecular formula is C26H22ClN5O2S. The molecule has 1 aliphatic rings. The van der Waals surface area contributed by atoms with Crippen molar-refractivity contribution in [1.29, 1.82) is 0 Å². The maximum atomic E-state index is 13.7. The maximum absolute atomic E-state index is 13.7. The second-order valence-electron chi connectivity index (χ2n) is 8.26. The molecule has 0 aliphatic carbocycles. The number of amides is 1. The summed E-state index contributed by atoms with van der Waals surface area (Å²) in [6.45, 7) is 3.74. The average Bonchev–Trinajstić information content (AvgIpc) is 3.32. The van der Waals surface area contributed by atoms with Crippen LogP contribution in [0.3, 0.4) is 0 Å². The van der Waals surface area contributed by atoms with Crippen LogP contribution in [0, 0.1) is 6.92 Å². The van der Waals surface area contributed by atoms with Crippen LogP contribution in [0.4, 0.5) is 5.69 Å². The molecule has 2 aromatic carbocycles. The number of carbonyl (C=O) groups is 1. The predicted molar refractivity (Wildman–Crippen MR) is 138 cm³/mol. The Labute approximate surface area is 210 Å². The van der Waals surface area contributed by atoms with Crippen molar-refractivity contribution < 1.29 is 4.79 Å². The van der Waals surface area contributed by atoms with Crippen LogP contribution in [0.15, 0.2) is 81.9 Å². The SMILES string of the molecule is CC1=C(C(=O)Nc2ccccc2)[C@H](c2ccc(Cl)cc2)n2c(sc(=Cc3cnn(C)c3C)c2=O)=N1. The highest BCUT2D eigenvalue weighted by molar-refractivity contribution is 7.07. The lowest BCUT2D eigenvalue weighted by molar-refractivity contribution is -0.113. The Morgan fingerprint density at radius 2 is 1.83 bits per heavy atom. The van der Waals surface area contributed by atoms with Gasteiger partial charge in [0.15, 0.2) is 4.80 Å². The van der Waals surface area contributed by atoms with E-state index in [9.17, 15) is 9.59 Å². The fourth-order valence-corrected chi connectivity index (χ4v) is 5.25. The predicted octanol–water partition coefficient (Wildman–Crippen LogP) is 3.57. The topological polar surface area (TPSA) is 81.3 Å². The number of benzene rings is 2. The fraction of sp³-hybridized carbons (Fsp3) is 0.154. The lowest BCUT2D eigenvalue weighted by Crippen LogP contribution is -2.40. The molecule has 0 saturated carbocycles. The van der Waals surface area contributed by atoms with Crippen LogP contribution in [0.5, 0.6) is 0 Å². The highest BCUT2D eigenvalue weighted by atomic mass is 35.5. The summed E-state index contributed by atoms with van der Waals surface area (Å²) in [7, 11) is 1.86. The van der Waals surface area contributed by atoms with E-state index < -0.39 is 6.04 Å². The van der Waals surface area contributed by atoms with E-state index in [-0.39, 0.29) is 11.5 Å². The van der Waals surface area contributed by atoms with Crippen molar-refractivity contribution in [2.45, 2.75) is 19.9 Å². The molecule has 35 heavy (non-hydrogen) atoms. The molecule has 9 heteroatoms. The van der Waals surface area contributed by atoms with Crippen LogP contribution in [0.1, 0.15) is 29.8 Å². The lowest BCUT2D eigenvalue weighted by atomic mass is 9.95. The fourth-order valence-electron chi connectivity index (χ4n) is 4.09. The van der Waals surface area contributed by atoms with Gasteiger partial charge in [-0.25, -0.2) is 4.99 Å². The second kappa shape index (κ2) is 9.13. The first-order valence-corrected chi connectivity index (χ1v) is 12.2. The highest BCUT2D eigenvalue weighted by Gasteiger charge is 2.32. The summed E-state index contributed by atoms with van der Waals surface area (Å²) in [6, 6.07) is 15.8. The van der Waals surface area contributed by atoms with E-state index in [4.69, 9.17) is 11.6 Å². The minimum atomic E-state index is -0.649. The Balaban J connectivity index is 1.69. The summed E-state index contributed by atoms with van der Waals surface area (Å²) < 4.78 is 3.88. The molecular weight excluding hydrogens is 482 g/mol. The number of aromatic nitrogens is 3. The number of carbonyl (C=O) groups excluding carboxylic acids is 1. The van der Waals surface area contributed by atoms with Crippen molar-refractivity contribution >= 4 is 40.6 Å². The standard InChI is InChI=1S/C26H22ClN5O2S/c1-15-22(24(33)30-20-7-5-4-6-8-20)23(17-9-11-19(27)12-10-17)32-25(34)21(35-26(32)29-15)13-18-14-28-31(3)16(18)2/h4-14,23H,1-3H3,(H,30,33)/t23-/m0/s1. The van der Waals surface area contributed by atoms with E-state index in [1.165, 1.54) is 11.3 Å². The Bertz CT molecular complexity index is 1650. The molecule has 1 aliphatic heterocycles. The number of hydrogen-bond acceptors (Lipinski definition) is 5. The molecule has 176 valence electrons. The van der Waals surface area contributed by atoms with Gasteiger partial charge in [-0.15, -0.1) is 0 Å². The molecule has 0 unspecified atom stereocenters. The molecule has 1 amide bonds. The largest absolute Gasteiger partial charge is 0.322 e. The van der Waals surface area contributed by atoms with E-state index in [0.29, 0.717) is 31.3 Å². The molecule has 1 N–H and O–H groups in total. The van der Waals surface area contributed by atoms with E-state index in [0.717, 1.165) is 16.8 Å². The summed E-state index contributed by atoms with van der Waals surface area (Å²) in [5.74, 6) is -0.310. The number of fused-ring (bicyclic) bond motifs is 1. The quantitative estimate of drug-likeness (QED) is 0.462. The van der Waals surface area contributed by atoms with Crippen LogP contribution < -0.4 is 20.2 Å². The zero-order valence-electron chi connectivity index (χ0n) is 19.3. The third-order valence-electron chi connectivity index (χ3n) is 6.04. The molecule has 0 bridgehead atoms. The zero-order chi connectivity index (χ0) is 24.7. The number of halogens is 1. The number of rotatable bonds is 4. The first-order valence-electron chi connectivity index (χ1n) is 11.0. The Kier molecular flexibility index (Phi) is 6.00. The van der Waals surface area contributed by atoms with Gasteiger partial charge in [0.25, 0.3) is 11.5 Å². The maximum Gasteiger partial charge on any atom is 0.271 e. The van der Waals surface area contributed by atoms with Crippen molar-refractivity contribution in [2.24, 2.45) is 12.0 Å².